The Morgan fingerprint density at radius 2 is 2.11 bits per heavy atom. The highest BCUT2D eigenvalue weighted by Crippen LogP contribution is 2.26. The molecule has 0 amide bonds. The van der Waals surface area contributed by atoms with Crippen molar-refractivity contribution in [3.63, 3.8) is 0 Å². The molecule has 0 N–H and O–H groups in total. The van der Waals surface area contributed by atoms with Crippen molar-refractivity contribution in [3.05, 3.63) is 36.2 Å². The van der Waals surface area contributed by atoms with Gasteiger partial charge in [0.15, 0.2) is 17.2 Å². The third-order valence-electron chi connectivity index (χ3n) is 3.01. The van der Waals surface area contributed by atoms with E-state index >= 15 is 0 Å². The first-order valence-corrected chi connectivity index (χ1v) is 6.53. The third-order valence-corrected chi connectivity index (χ3v) is 3.01. The van der Waals surface area contributed by atoms with Gasteiger partial charge in [-0.3, -0.25) is 0 Å². The number of furan rings is 1. The summed E-state index contributed by atoms with van der Waals surface area (Å²) in [5.41, 5.74) is 1.83. The van der Waals surface area contributed by atoms with E-state index in [2.05, 4.69) is 28.4 Å². The van der Waals surface area contributed by atoms with E-state index in [0.717, 1.165) is 35.1 Å². The second kappa shape index (κ2) is 4.53. The average Bonchev–Trinajstić information content (AvgIpc) is 2.94. The van der Waals surface area contributed by atoms with E-state index < -0.39 is 0 Å². The highest BCUT2D eigenvalue weighted by atomic mass is 16.3. The summed E-state index contributed by atoms with van der Waals surface area (Å²) >= 11 is 0. The van der Waals surface area contributed by atoms with Crippen LogP contribution in [0.4, 0.5) is 0 Å². The van der Waals surface area contributed by atoms with Gasteiger partial charge in [-0.2, -0.15) is 0 Å². The first-order chi connectivity index (χ1) is 9.15. The van der Waals surface area contributed by atoms with Crippen LogP contribution in [0, 0.1) is 12.8 Å². The van der Waals surface area contributed by atoms with E-state index in [1.54, 1.807) is 6.20 Å². The zero-order valence-electron chi connectivity index (χ0n) is 11.4. The molecular weight excluding hydrogens is 238 g/mol. The minimum absolute atomic E-state index is 0.522. The second-order valence-corrected chi connectivity index (χ2v) is 5.20. The van der Waals surface area contributed by atoms with Crippen LogP contribution in [0.1, 0.15) is 19.6 Å². The highest BCUT2D eigenvalue weighted by Gasteiger charge is 2.16. The predicted molar refractivity (Wildman–Crippen MR) is 74.8 cm³/mol. The SMILES string of the molecule is Cc1ccc(-c2nc3cccnc3n2CC(C)C)o1. The van der Waals surface area contributed by atoms with E-state index in [1.807, 2.05) is 31.2 Å². The monoisotopic (exact) mass is 255 g/mol. The van der Waals surface area contributed by atoms with Gasteiger partial charge in [-0.15, -0.1) is 0 Å². The van der Waals surface area contributed by atoms with Gasteiger partial charge >= 0.3 is 0 Å². The number of fused-ring (bicyclic) bond motifs is 1. The number of hydrogen-bond acceptors (Lipinski definition) is 3. The summed E-state index contributed by atoms with van der Waals surface area (Å²) in [5, 5.41) is 0. The zero-order chi connectivity index (χ0) is 13.4. The fourth-order valence-corrected chi connectivity index (χ4v) is 2.24. The fraction of sp³-hybridized carbons (Fsp3) is 0.333. The number of pyridine rings is 1. The number of nitrogens with zero attached hydrogens (tertiary/aromatic N) is 3. The third kappa shape index (κ3) is 2.14. The number of imidazole rings is 1. The Balaban J connectivity index is 2.22. The summed E-state index contributed by atoms with van der Waals surface area (Å²) in [7, 11) is 0. The van der Waals surface area contributed by atoms with Crippen LogP contribution in [0.3, 0.4) is 0 Å². The minimum atomic E-state index is 0.522. The van der Waals surface area contributed by atoms with Crippen molar-refractivity contribution in [1.82, 2.24) is 14.5 Å². The van der Waals surface area contributed by atoms with Crippen molar-refractivity contribution in [1.29, 1.82) is 0 Å². The van der Waals surface area contributed by atoms with Crippen molar-refractivity contribution in [3.8, 4) is 11.6 Å². The van der Waals surface area contributed by atoms with Crippen LogP contribution in [0.5, 0.6) is 0 Å². The summed E-state index contributed by atoms with van der Waals surface area (Å²) < 4.78 is 7.85. The highest BCUT2D eigenvalue weighted by molar-refractivity contribution is 5.75. The first-order valence-electron chi connectivity index (χ1n) is 6.53. The van der Waals surface area contributed by atoms with Crippen LogP contribution in [0.2, 0.25) is 0 Å². The van der Waals surface area contributed by atoms with Gasteiger partial charge in [0.2, 0.25) is 0 Å². The molecule has 0 aliphatic carbocycles. The van der Waals surface area contributed by atoms with Crippen LogP contribution >= 0.6 is 0 Å². The molecule has 0 saturated carbocycles. The molecule has 98 valence electrons. The molecule has 0 saturated heterocycles. The largest absolute Gasteiger partial charge is 0.458 e. The molecule has 4 heteroatoms. The Morgan fingerprint density at radius 1 is 1.26 bits per heavy atom. The Bertz CT molecular complexity index is 709. The van der Waals surface area contributed by atoms with Gasteiger partial charge in [-0.05, 0) is 37.1 Å². The maximum Gasteiger partial charge on any atom is 0.178 e. The van der Waals surface area contributed by atoms with Crippen molar-refractivity contribution in [2.24, 2.45) is 5.92 Å². The van der Waals surface area contributed by atoms with E-state index in [0.29, 0.717) is 5.92 Å². The number of aryl methyl sites for hydroxylation is 1. The summed E-state index contributed by atoms with van der Waals surface area (Å²) in [4.78, 5) is 9.10. The number of rotatable bonds is 3. The van der Waals surface area contributed by atoms with Gasteiger partial charge < -0.3 is 8.98 Å². The molecular formula is C15H17N3O. The molecule has 19 heavy (non-hydrogen) atoms. The topological polar surface area (TPSA) is 43.9 Å². The van der Waals surface area contributed by atoms with Crippen LogP contribution in [0.25, 0.3) is 22.7 Å². The van der Waals surface area contributed by atoms with Gasteiger partial charge in [-0.1, -0.05) is 13.8 Å². The molecule has 0 bridgehead atoms. The van der Waals surface area contributed by atoms with Gasteiger partial charge in [0.1, 0.15) is 11.3 Å². The Morgan fingerprint density at radius 3 is 2.79 bits per heavy atom. The minimum Gasteiger partial charge on any atom is -0.458 e. The molecule has 0 aliphatic rings. The lowest BCUT2D eigenvalue weighted by atomic mass is 10.2. The van der Waals surface area contributed by atoms with Gasteiger partial charge in [-0.25, -0.2) is 9.97 Å². The van der Waals surface area contributed by atoms with Crippen molar-refractivity contribution in [2.45, 2.75) is 27.3 Å². The average molecular weight is 255 g/mol. The van der Waals surface area contributed by atoms with Crippen LogP contribution in [-0.2, 0) is 6.54 Å². The van der Waals surface area contributed by atoms with Crippen molar-refractivity contribution >= 4 is 11.2 Å². The Labute approximate surface area is 112 Å². The van der Waals surface area contributed by atoms with Gasteiger partial charge in [0, 0.05) is 12.7 Å². The molecule has 0 atom stereocenters. The number of hydrogen-bond donors (Lipinski definition) is 0. The van der Waals surface area contributed by atoms with E-state index in [1.165, 1.54) is 0 Å². The maximum atomic E-state index is 5.71. The molecule has 0 radical (unpaired) electrons. The number of aromatic nitrogens is 3. The predicted octanol–water partition coefficient (Wildman–Crippen LogP) is 3.66. The van der Waals surface area contributed by atoms with Crippen molar-refractivity contribution in [2.75, 3.05) is 0 Å². The quantitative estimate of drug-likeness (QED) is 0.717. The molecule has 0 unspecified atom stereocenters. The maximum absolute atomic E-state index is 5.71. The molecule has 3 heterocycles. The fourth-order valence-electron chi connectivity index (χ4n) is 2.24. The lowest BCUT2D eigenvalue weighted by molar-refractivity contribution is 0.511. The first kappa shape index (κ1) is 12.0. The molecule has 3 rings (SSSR count). The molecule has 0 aromatic carbocycles. The molecule has 4 nitrogen and oxygen atoms in total. The van der Waals surface area contributed by atoms with E-state index in [4.69, 9.17) is 4.42 Å². The summed E-state index contributed by atoms with van der Waals surface area (Å²) in [6.45, 7) is 7.19. The van der Waals surface area contributed by atoms with Crippen LogP contribution in [-0.4, -0.2) is 14.5 Å². The Hall–Kier alpha value is -2.10. The van der Waals surface area contributed by atoms with Crippen LogP contribution in [0.15, 0.2) is 34.9 Å². The van der Waals surface area contributed by atoms with E-state index in [-0.39, 0.29) is 0 Å². The molecule has 0 fully saturated rings. The smallest absolute Gasteiger partial charge is 0.178 e. The normalized spacial score (nSPS) is 11.6. The van der Waals surface area contributed by atoms with Gasteiger partial charge in [0.05, 0.1) is 0 Å². The summed E-state index contributed by atoms with van der Waals surface area (Å²) in [6.07, 6.45) is 1.80. The molecule has 0 spiro atoms. The lowest BCUT2D eigenvalue weighted by Crippen LogP contribution is -2.06. The van der Waals surface area contributed by atoms with Gasteiger partial charge in [0.25, 0.3) is 0 Å². The molecule has 3 aromatic rings. The Kier molecular flexibility index (Phi) is 2.85. The lowest BCUT2D eigenvalue weighted by Gasteiger charge is -2.09. The summed E-state index contributed by atoms with van der Waals surface area (Å²) in [5.74, 6) is 3.08. The molecule has 3 aromatic heterocycles. The van der Waals surface area contributed by atoms with Crippen LogP contribution < -0.4 is 0 Å². The second-order valence-electron chi connectivity index (χ2n) is 5.20. The zero-order valence-corrected chi connectivity index (χ0v) is 11.4. The van der Waals surface area contributed by atoms with E-state index in [9.17, 15) is 0 Å². The standard InChI is InChI=1S/C15H17N3O/c1-10(2)9-18-14-12(5-4-8-16-14)17-15(18)13-7-6-11(3)19-13/h4-8,10H,9H2,1-3H3. The summed E-state index contributed by atoms with van der Waals surface area (Å²) in [6, 6.07) is 7.82. The van der Waals surface area contributed by atoms with Crippen molar-refractivity contribution < 1.29 is 4.42 Å². The molecule has 0 aliphatic heterocycles.